The first-order valence-corrected chi connectivity index (χ1v) is 9.38. The number of halogens is 2. The number of hydrogen-bond acceptors (Lipinski definition) is 5. The number of carbonyl (C=O) groups excluding carboxylic acids is 1. The number of ether oxygens (including phenoxy) is 1. The van der Waals surface area contributed by atoms with Crippen molar-refractivity contribution in [3.8, 4) is 11.5 Å². The minimum Gasteiger partial charge on any atom is -0.444 e. The van der Waals surface area contributed by atoms with Crippen molar-refractivity contribution >= 4 is 36.0 Å². The lowest BCUT2D eigenvalue weighted by Crippen LogP contribution is -2.43. The van der Waals surface area contributed by atoms with Gasteiger partial charge in [-0.05, 0) is 45.0 Å². The quantitative estimate of drug-likeness (QED) is 0.219. The molecule has 0 aliphatic heterocycles. The molecule has 0 aliphatic rings. The number of aliphatic imine (C=N–C) groups is 1. The molecule has 1 amide bonds. The van der Waals surface area contributed by atoms with Crippen LogP contribution in [0.1, 0.15) is 26.5 Å². The van der Waals surface area contributed by atoms with E-state index in [9.17, 15) is 9.18 Å². The molecule has 1 aromatic carbocycles. The van der Waals surface area contributed by atoms with Gasteiger partial charge in [0.05, 0.1) is 5.69 Å². The van der Waals surface area contributed by atoms with E-state index in [1.54, 1.807) is 25.4 Å². The predicted molar refractivity (Wildman–Crippen MR) is 125 cm³/mol. The average molecular weight is 533 g/mol. The fourth-order valence-corrected chi connectivity index (χ4v) is 2.34. The molecule has 2 rings (SSSR count). The summed E-state index contributed by atoms with van der Waals surface area (Å²) in [5.41, 5.74) is 0.978. The molecule has 1 heterocycles. The molecule has 166 valence electrons. The Kier molecular flexibility index (Phi) is 10.6. The fraction of sp³-hybridized carbons (Fsp3) is 0.450. The molecule has 0 spiro atoms. The lowest BCUT2D eigenvalue weighted by molar-refractivity contribution is 0.0529. The van der Waals surface area contributed by atoms with Crippen molar-refractivity contribution in [2.24, 2.45) is 4.99 Å². The highest BCUT2D eigenvalue weighted by Crippen LogP contribution is 2.18. The van der Waals surface area contributed by atoms with Gasteiger partial charge in [-0.2, -0.15) is 0 Å². The largest absolute Gasteiger partial charge is 0.444 e. The highest BCUT2D eigenvalue weighted by atomic mass is 127. The van der Waals surface area contributed by atoms with Crippen LogP contribution in [0.15, 0.2) is 39.9 Å². The van der Waals surface area contributed by atoms with Crippen LogP contribution in [0.5, 0.6) is 0 Å². The number of benzene rings is 1. The minimum absolute atomic E-state index is 0. The Morgan fingerprint density at radius 1 is 1.13 bits per heavy atom. The van der Waals surface area contributed by atoms with Gasteiger partial charge >= 0.3 is 6.09 Å². The molecule has 8 nitrogen and oxygen atoms in total. The van der Waals surface area contributed by atoms with Crippen LogP contribution in [-0.4, -0.2) is 49.3 Å². The molecule has 0 saturated carbocycles. The molecule has 0 unspecified atom stereocenters. The van der Waals surface area contributed by atoms with E-state index in [1.165, 1.54) is 12.1 Å². The van der Waals surface area contributed by atoms with Crippen molar-refractivity contribution in [2.75, 3.05) is 26.7 Å². The van der Waals surface area contributed by atoms with Crippen LogP contribution in [0, 0.1) is 5.82 Å². The van der Waals surface area contributed by atoms with Crippen molar-refractivity contribution < 1.29 is 18.3 Å². The number of nitrogens with zero attached hydrogens (tertiary/aromatic N) is 2. The number of oxazole rings is 1. The Bertz CT molecular complexity index is 819. The van der Waals surface area contributed by atoms with Crippen LogP contribution < -0.4 is 16.0 Å². The number of nitrogens with one attached hydrogen (secondary N) is 3. The monoisotopic (exact) mass is 533 g/mol. The van der Waals surface area contributed by atoms with Crippen LogP contribution in [0.3, 0.4) is 0 Å². The highest BCUT2D eigenvalue weighted by Gasteiger charge is 2.15. The van der Waals surface area contributed by atoms with Gasteiger partial charge in [0.15, 0.2) is 5.96 Å². The highest BCUT2D eigenvalue weighted by molar-refractivity contribution is 14.0. The zero-order valence-electron chi connectivity index (χ0n) is 17.6. The van der Waals surface area contributed by atoms with Crippen molar-refractivity contribution in [3.05, 3.63) is 42.0 Å². The molecule has 2 aromatic rings. The molecule has 30 heavy (non-hydrogen) atoms. The molecule has 10 heteroatoms. The van der Waals surface area contributed by atoms with Crippen molar-refractivity contribution in [2.45, 2.75) is 32.8 Å². The van der Waals surface area contributed by atoms with Gasteiger partial charge in [-0.1, -0.05) is 0 Å². The van der Waals surface area contributed by atoms with Gasteiger partial charge in [0.25, 0.3) is 0 Å². The van der Waals surface area contributed by atoms with Crippen LogP contribution in [0.25, 0.3) is 11.5 Å². The van der Waals surface area contributed by atoms with Crippen LogP contribution in [0.4, 0.5) is 9.18 Å². The maximum Gasteiger partial charge on any atom is 0.407 e. The van der Waals surface area contributed by atoms with Gasteiger partial charge in [-0.15, -0.1) is 24.0 Å². The molecule has 0 bridgehead atoms. The van der Waals surface area contributed by atoms with Crippen molar-refractivity contribution in [1.82, 2.24) is 20.9 Å². The van der Waals surface area contributed by atoms with Crippen LogP contribution in [0.2, 0.25) is 0 Å². The summed E-state index contributed by atoms with van der Waals surface area (Å²) in [7, 11) is 1.67. The number of alkyl carbamates (subject to hydrolysis) is 1. The third-order valence-corrected chi connectivity index (χ3v) is 3.63. The van der Waals surface area contributed by atoms with Crippen LogP contribution in [-0.2, 0) is 11.2 Å². The summed E-state index contributed by atoms with van der Waals surface area (Å²) in [5, 5.41) is 8.93. The van der Waals surface area contributed by atoms with E-state index < -0.39 is 11.7 Å². The second-order valence-corrected chi connectivity index (χ2v) is 7.26. The van der Waals surface area contributed by atoms with Gasteiger partial charge < -0.3 is 25.1 Å². The molecule has 0 saturated heterocycles. The summed E-state index contributed by atoms with van der Waals surface area (Å²) in [6, 6.07) is 5.99. The molecule has 0 atom stereocenters. The van der Waals surface area contributed by atoms with E-state index in [0.717, 1.165) is 11.3 Å². The summed E-state index contributed by atoms with van der Waals surface area (Å²) < 4.78 is 23.6. The Balaban J connectivity index is 0.00000450. The standard InChI is InChI=1S/C20H28FN5O3.HI/c1-20(2,3)29-19(27)25-12-11-24-18(22-4)23-10-9-16-13-28-17(26-16)14-5-7-15(21)8-6-14;/h5-8,13H,9-12H2,1-4H3,(H,25,27)(H2,22,23,24);1H. The van der Waals surface area contributed by atoms with Gasteiger partial charge in [-0.25, -0.2) is 14.2 Å². The van der Waals surface area contributed by atoms with Gasteiger partial charge in [0.1, 0.15) is 17.7 Å². The summed E-state index contributed by atoms with van der Waals surface area (Å²) in [6.45, 7) is 6.93. The van der Waals surface area contributed by atoms with E-state index in [4.69, 9.17) is 9.15 Å². The van der Waals surface area contributed by atoms with Crippen LogP contribution >= 0.6 is 24.0 Å². The molecular weight excluding hydrogens is 504 g/mol. The fourth-order valence-electron chi connectivity index (χ4n) is 2.34. The molecule has 0 fully saturated rings. The Morgan fingerprint density at radius 2 is 1.77 bits per heavy atom. The van der Waals surface area contributed by atoms with Crippen molar-refractivity contribution in [1.29, 1.82) is 0 Å². The molecule has 0 aliphatic carbocycles. The van der Waals surface area contributed by atoms with Crippen molar-refractivity contribution in [3.63, 3.8) is 0 Å². The first kappa shape index (κ1) is 25.7. The normalized spacial score (nSPS) is 11.4. The first-order valence-electron chi connectivity index (χ1n) is 9.38. The predicted octanol–water partition coefficient (Wildman–Crippen LogP) is 3.33. The number of hydrogen-bond donors (Lipinski definition) is 3. The SMILES string of the molecule is CN=C(NCCNC(=O)OC(C)(C)C)NCCc1coc(-c2ccc(F)cc2)n1.I. The summed E-state index contributed by atoms with van der Waals surface area (Å²) >= 11 is 0. The average Bonchev–Trinajstić information content (AvgIpc) is 3.11. The lowest BCUT2D eigenvalue weighted by atomic mass is 10.2. The Labute approximate surface area is 193 Å². The number of carbonyl (C=O) groups is 1. The smallest absolute Gasteiger partial charge is 0.407 e. The Morgan fingerprint density at radius 3 is 2.40 bits per heavy atom. The maximum absolute atomic E-state index is 13.0. The first-order chi connectivity index (χ1) is 13.8. The van der Waals surface area contributed by atoms with Gasteiger partial charge in [-0.3, -0.25) is 4.99 Å². The molecule has 0 radical (unpaired) electrons. The minimum atomic E-state index is -0.521. The Hall–Kier alpha value is -2.37. The maximum atomic E-state index is 13.0. The molecule has 3 N–H and O–H groups in total. The zero-order chi connectivity index (χ0) is 21.3. The molecular formula is C20H29FIN5O3. The summed E-state index contributed by atoms with van der Waals surface area (Å²) in [5.74, 6) is 0.763. The number of guanidine groups is 1. The summed E-state index contributed by atoms with van der Waals surface area (Å²) in [4.78, 5) is 20.1. The van der Waals surface area contributed by atoms with E-state index in [1.807, 2.05) is 20.8 Å². The second-order valence-electron chi connectivity index (χ2n) is 7.26. The number of rotatable bonds is 7. The molecule has 1 aromatic heterocycles. The summed E-state index contributed by atoms with van der Waals surface area (Å²) in [6.07, 6.45) is 1.76. The van der Waals surface area contributed by atoms with E-state index in [0.29, 0.717) is 37.9 Å². The van der Waals surface area contributed by atoms with Gasteiger partial charge in [0, 0.05) is 38.7 Å². The van der Waals surface area contributed by atoms with Gasteiger partial charge in [0.2, 0.25) is 5.89 Å². The second kappa shape index (κ2) is 12.4. The number of amides is 1. The van der Waals surface area contributed by atoms with E-state index >= 15 is 0 Å². The third kappa shape index (κ3) is 9.42. The van der Waals surface area contributed by atoms with E-state index in [2.05, 4.69) is 25.9 Å². The van der Waals surface area contributed by atoms with E-state index in [-0.39, 0.29) is 29.8 Å². The lowest BCUT2D eigenvalue weighted by Gasteiger charge is -2.19. The zero-order valence-corrected chi connectivity index (χ0v) is 20.0. The number of aromatic nitrogens is 1. The third-order valence-electron chi connectivity index (χ3n) is 3.63. The topological polar surface area (TPSA) is 101 Å².